The molecule has 4 N–H and O–H groups in total. The Kier molecular flexibility index (Phi) is 4.57. The molecule has 0 aliphatic carbocycles. The molecule has 0 spiro atoms. The summed E-state index contributed by atoms with van der Waals surface area (Å²) in [7, 11) is -4.61. The van der Waals surface area contributed by atoms with Crippen LogP contribution in [0.5, 0.6) is 0 Å². The average Bonchev–Trinajstić information content (AvgIpc) is 0.722. The minimum atomic E-state index is -4.61. The minimum absolute atomic E-state index is 0. The molecule has 0 aliphatic heterocycles. The third-order valence-electron chi connectivity index (χ3n) is 0. The van der Waals surface area contributed by atoms with Crippen molar-refractivity contribution in [3.63, 3.8) is 0 Å². The van der Waals surface area contributed by atoms with E-state index in [-0.39, 0.29) is 19.5 Å². The van der Waals surface area contributed by atoms with Gasteiger partial charge in [-0.25, -0.2) is 0 Å². The van der Waals surface area contributed by atoms with Crippen LogP contribution in [0.3, 0.4) is 0 Å². The van der Waals surface area contributed by atoms with Gasteiger partial charge in [-0.05, 0) is 0 Å². The van der Waals surface area contributed by atoms with Gasteiger partial charge in [0, 0.05) is 19.5 Å². The second kappa shape index (κ2) is 2.79. The molecule has 0 atom stereocenters. The van der Waals surface area contributed by atoms with Crippen LogP contribution in [-0.4, -0.2) is 28.2 Å². The van der Waals surface area contributed by atoms with Gasteiger partial charge in [-0.2, -0.15) is 0 Å². The van der Waals surface area contributed by atoms with Gasteiger partial charge in [0.05, 0.1) is 0 Å². The van der Waals surface area contributed by atoms with E-state index in [1.807, 2.05) is 0 Å². The van der Waals surface area contributed by atoms with Crippen molar-refractivity contribution in [2.45, 2.75) is 0 Å². The Labute approximate surface area is 48.3 Å². The van der Waals surface area contributed by atoms with Gasteiger partial charge in [-0.3, -0.25) is 0 Å². The van der Waals surface area contributed by atoms with E-state index in [1.54, 1.807) is 0 Å². The molecule has 0 aromatic heterocycles. The topological polar surface area (TPSA) is 80.9 Å². The van der Waals surface area contributed by atoms with Crippen molar-refractivity contribution in [1.82, 2.24) is 0 Å². The van der Waals surface area contributed by atoms with Crippen molar-refractivity contribution in [3.8, 4) is 0 Å². The van der Waals surface area contributed by atoms with E-state index in [1.165, 1.54) is 0 Å². The van der Waals surface area contributed by atoms with E-state index >= 15 is 0 Å². The molecule has 6 heavy (non-hydrogen) atoms. The molecular formula is H4O4RhSi. The van der Waals surface area contributed by atoms with E-state index < -0.39 is 9.05 Å². The zero-order chi connectivity index (χ0) is 4.50. The predicted octanol–water partition coefficient (Wildman–Crippen LogP) is -2.61. The summed E-state index contributed by atoms with van der Waals surface area (Å²) in [5.41, 5.74) is 0. The first-order valence-corrected chi connectivity index (χ1v) is 2.68. The van der Waals surface area contributed by atoms with Crippen molar-refractivity contribution in [3.05, 3.63) is 0 Å². The fourth-order valence-electron chi connectivity index (χ4n) is 0. The summed E-state index contributed by atoms with van der Waals surface area (Å²) in [6, 6.07) is 0. The Hall–Kier alpha value is 0.680. The third kappa shape index (κ3) is 137. The SMILES string of the molecule is O[Si](O)(O)O.[Rh]. The Morgan fingerprint density at radius 1 is 0.833 bits per heavy atom. The maximum Gasteiger partial charge on any atom is 0.668 e. The molecule has 0 unspecified atom stereocenters. The van der Waals surface area contributed by atoms with Gasteiger partial charge in [-0.15, -0.1) is 0 Å². The molecule has 0 aromatic carbocycles. The minimum Gasteiger partial charge on any atom is -0.368 e. The third-order valence-corrected chi connectivity index (χ3v) is 0. The smallest absolute Gasteiger partial charge is 0.368 e. The molecule has 0 heterocycles. The molecule has 0 saturated carbocycles. The van der Waals surface area contributed by atoms with Crippen LogP contribution in [0.4, 0.5) is 0 Å². The maximum absolute atomic E-state index is 7.33. The number of hydrogen-bond acceptors (Lipinski definition) is 4. The molecule has 0 fully saturated rings. The summed E-state index contributed by atoms with van der Waals surface area (Å²) in [6.45, 7) is 0. The van der Waals surface area contributed by atoms with Crippen LogP contribution in [0, 0.1) is 0 Å². The molecule has 4 nitrogen and oxygen atoms in total. The zero-order valence-corrected chi connectivity index (χ0v) is 5.26. The van der Waals surface area contributed by atoms with Gasteiger partial charge in [0.1, 0.15) is 0 Å². The molecule has 0 aromatic rings. The van der Waals surface area contributed by atoms with E-state index in [9.17, 15) is 0 Å². The first kappa shape index (κ1) is 9.84. The first-order chi connectivity index (χ1) is 2.00. The molecule has 6 heteroatoms. The first-order valence-electron chi connectivity index (χ1n) is 0.894. The van der Waals surface area contributed by atoms with Crippen LogP contribution in [0.2, 0.25) is 0 Å². The Morgan fingerprint density at radius 2 is 0.833 bits per heavy atom. The largest absolute Gasteiger partial charge is 0.668 e. The van der Waals surface area contributed by atoms with Gasteiger partial charge in [-0.1, -0.05) is 0 Å². The molecular weight excluding hydrogens is 195 g/mol. The van der Waals surface area contributed by atoms with Crippen LogP contribution < -0.4 is 0 Å². The van der Waals surface area contributed by atoms with E-state index in [2.05, 4.69) is 0 Å². The Balaban J connectivity index is 0. The molecule has 0 bridgehead atoms. The molecule has 0 aliphatic rings. The second-order valence-electron chi connectivity index (χ2n) is 0.600. The number of hydrogen-bond donors (Lipinski definition) is 4. The standard InChI is InChI=1S/H4O4Si.Rh/c1-5(2,3)4;/h1-4H;. The fraction of sp³-hybridized carbons (Fsp3) is 0. The monoisotopic (exact) mass is 199 g/mol. The van der Waals surface area contributed by atoms with Gasteiger partial charge in [0.2, 0.25) is 0 Å². The van der Waals surface area contributed by atoms with Crippen molar-refractivity contribution in [2.24, 2.45) is 0 Å². The van der Waals surface area contributed by atoms with Crippen LogP contribution in [-0.2, 0) is 19.5 Å². The summed E-state index contributed by atoms with van der Waals surface area (Å²) < 4.78 is 0. The van der Waals surface area contributed by atoms with E-state index in [0.717, 1.165) is 0 Å². The second-order valence-corrected chi connectivity index (χ2v) is 1.80. The average molecular weight is 199 g/mol. The summed E-state index contributed by atoms with van der Waals surface area (Å²) >= 11 is 0. The van der Waals surface area contributed by atoms with Crippen molar-refractivity contribution in [1.29, 1.82) is 0 Å². The van der Waals surface area contributed by atoms with E-state index in [4.69, 9.17) is 19.2 Å². The van der Waals surface area contributed by atoms with Crippen molar-refractivity contribution >= 4 is 9.05 Å². The molecule has 1 radical (unpaired) electrons. The molecule has 0 saturated heterocycles. The Morgan fingerprint density at radius 3 is 0.833 bits per heavy atom. The maximum atomic E-state index is 7.33. The van der Waals surface area contributed by atoms with Gasteiger partial charge < -0.3 is 19.2 Å². The van der Waals surface area contributed by atoms with Gasteiger partial charge >= 0.3 is 9.05 Å². The number of rotatable bonds is 0. The summed E-state index contributed by atoms with van der Waals surface area (Å²) in [5, 5.41) is 0. The fourth-order valence-corrected chi connectivity index (χ4v) is 0. The molecule has 0 amide bonds. The normalized spacial score (nSPS) is 10.0. The molecule has 41 valence electrons. The van der Waals surface area contributed by atoms with Crippen molar-refractivity contribution < 1.29 is 38.7 Å². The summed E-state index contributed by atoms with van der Waals surface area (Å²) in [4.78, 5) is 29.3. The van der Waals surface area contributed by atoms with Crippen LogP contribution in [0.1, 0.15) is 0 Å². The van der Waals surface area contributed by atoms with E-state index in [0.29, 0.717) is 0 Å². The predicted molar refractivity (Wildman–Crippen MR) is 14.6 cm³/mol. The summed E-state index contributed by atoms with van der Waals surface area (Å²) in [5.74, 6) is 0. The quantitative estimate of drug-likeness (QED) is 0.322. The molecule has 0 rings (SSSR count). The van der Waals surface area contributed by atoms with Crippen LogP contribution in [0.25, 0.3) is 0 Å². The van der Waals surface area contributed by atoms with Crippen LogP contribution >= 0.6 is 0 Å². The Bertz CT molecular complexity index is 23.0. The van der Waals surface area contributed by atoms with Crippen molar-refractivity contribution in [2.75, 3.05) is 0 Å². The summed E-state index contributed by atoms with van der Waals surface area (Å²) in [6.07, 6.45) is 0. The van der Waals surface area contributed by atoms with Gasteiger partial charge in [0.15, 0.2) is 0 Å². The van der Waals surface area contributed by atoms with Gasteiger partial charge in [0.25, 0.3) is 0 Å². The van der Waals surface area contributed by atoms with Crippen LogP contribution in [0.15, 0.2) is 0 Å². The zero-order valence-electron chi connectivity index (χ0n) is 2.62.